The number of unbranched alkanes of at least 4 members (excludes halogenated alkanes) is 25. The highest BCUT2D eigenvalue weighted by Gasteiger charge is 2.24. The lowest BCUT2D eigenvalue weighted by Gasteiger charge is -2.33. The Morgan fingerprint density at radius 2 is 0.590 bits per heavy atom. The van der Waals surface area contributed by atoms with Crippen LogP contribution in [0.2, 0.25) is 0 Å². The van der Waals surface area contributed by atoms with E-state index in [1.807, 2.05) is 0 Å². The van der Waals surface area contributed by atoms with Gasteiger partial charge in [0.1, 0.15) is 6.17 Å². The van der Waals surface area contributed by atoms with E-state index < -0.39 is 0 Å². The van der Waals surface area contributed by atoms with Crippen molar-refractivity contribution in [1.82, 2.24) is 9.80 Å². The smallest absolute Gasteiger partial charge is 0.101 e. The van der Waals surface area contributed by atoms with Crippen LogP contribution in [-0.4, -0.2) is 29.1 Å². The highest BCUT2D eigenvalue weighted by molar-refractivity contribution is 4.97. The highest BCUT2D eigenvalue weighted by Crippen LogP contribution is 2.24. The lowest BCUT2D eigenvalue weighted by Crippen LogP contribution is -2.39. The average molecular weight is 547 g/mol. The molecule has 0 N–H and O–H groups in total. The molecule has 1 atom stereocenters. The second kappa shape index (κ2) is 28.9. The average Bonchev–Trinajstić information content (AvgIpc) is 3.33. The summed E-state index contributed by atoms with van der Waals surface area (Å²) >= 11 is 0. The van der Waals surface area contributed by atoms with Gasteiger partial charge in [0.15, 0.2) is 0 Å². The van der Waals surface area contributed by atoms with Crippen LogP contribution in [0.3, 0.4) is 0 Å². The first-order chi connectivity index (χ1) is 19.3. The number of hydrogen-bond donors (Lipinski definition) is 0. The van der Waals surface area contributed by atoms with Crippen molar-refractivity contribution in [2.75, 3.05) is 13.1 Å². The summed E-state index contributed by atoms with van der Waals surface area (Å²) in [6.45, 7) is 9.47. The molecule has 1 aliphatic rings. The minimum absolute atomic E-state index is 0.641. The van der Waals surface area contributed by atoms with E-state index in [-0.39, 0.29) is 0 Å². The first-order valence-electron chi connectivity index (χ1n) is 18.5. The van der Waals surface area contributed by atoms with Gasteiger partial charge in [-0.2, -0.15) is 0 Å². The zero-order valence-corrected chi connectivity index (χ0v) is 27.5. The summed E-state index contributed by atoms with van der Waals surface area (Å²) in [6.07, 6.45) is 46.9. The molecular formula is C37H74N2. The van der Waals surface area contributed by atoms with E-state index in [1.165, 1.54) is 199 Å². The normalized spacial score (nSPS) is 15.2. The molecule has 0 aliphatic carbocycles. The Kier molecular flexibility index (Phi) is 26.9. The molecule has 39 heavy (non-hydrogen) atoms. The Hall–Kier alpha value is -0.660. The maximum absolute atomic E-state index is 2.71. The van der Waals surface area contributed by atoms with E-state index >= 15 is 0 Å². The van der Waals surface area contributed by atoms with Gasteiger partial charge in [0.05, 0.1) is 0 Å². The highest BCUT2D eigenvalue weighted by atomic mass is 15.4. The number of hydrogen-bond acceptors (Lipinski definition) is 2. The Morgan fingerprint density at radius 1 is 0.333 bits per heavy atom. The van der Waals surface area contributed by atoms with Gasteiger partial charge >= 0.3 is 0 Å². The predicted molar refractivity (Wildman–Crippen MR) is 177 cm³/mol. The van der Waals surface area contributed by atoms with E-state index in [4.69, 9.17) is 0 Å². The maximum atomic E-state index is 2.71. The summed E-state index contributed by atoms with van der Waals surface area (Å²) in [5.74, 6) is 0. The first kappa shape index (κ1) is 36.4. The van der Waals surface area contributed by atoms with Gasteiger partial charge in [-0.15, -0.1) is 0 Å². The quantitative estimate of drug-likeness (QED) is 0.0798. The van der Waals surface area contributed by atoms with E-state index in [9.17, 15) is 0 Å². The minimum Gasteiger partial charge on any atom is -0.356 e. The van der Waals surface area contributed by atoms with Crippen molar-refractivity contribution in [2.45, 2.75) is 213 Å². The van der Waals surface area contributed by atoms with E-state index in [0.29, 0.717) is 6.17 Å². The van der Waals surface area contributed by atoms with Crippen LogP contribution in [-0.2, 0) is 0 Å². The molecule has 0 fully saturated rings. The van der Waals surface area contributed by atoms with Gasteiger partial charge in [0.2, 0.25) is 0 Å². The fraction of sp³-hybridized carbons (Fsp3) is 0.946. The van der Waals surface area contributed by atoms with E-state index in [0.717, 1.165) is 0 Å². The molecule has 1 unspecified atom stereocenters. The van der Waals surface area contributed by atoms with Gasteiger partial charge in [0, 0.05) is 25.5 Å². The Labute approximate surface area is 248 Å². The predicted octanol–water partition coefficient (Wildman–Crippen LogP) is 12.8. The number of rotatable bonds is 31. The largest absolute Gasteiger partial charge is 0.356 e. The molecule has 0 amide bonds. The Bertz CT molecular complexity index is 502. The molecule has 1 heterocycles. The van der Waals surface area contributed by atoms with Crippen LogP contribution in [0.4, 0.5) is 0 Å². The third kappa shape index (κ3) is 21.7. The molecule has 0 aromatic rings. The summed E-state index contributed by atoms with van der Waals surface area (Å²) in [7, 11) is 0. The molecule has 0 radical (unpaired) electrons. The second-order valence-corrected chi connectivity index (χ2v) is 12.9. The molecule has 2 nitrogen and oxygen atoms in total. The SMILES string of the molecule is CCCCCCCCCCCCCCC1N(CCCCCCCC)C=CN1CCCCCCCCCCCC. The Morgan fingerprint density at radius 3 is 0.897 bits per heavy atom. The van der Waals surface area contributed by atoms with Crippen molar-refractivity contribution in [2.24, 2.45) is 0 Å². The van der Waals surface area contributed by atoms with Crippen molar-refractivity contribution in [1.29, 1.82) is 0 Å². The van der Waals surface area contributed by atoms with Crippen LogP contribution >= 0.6 is 0 Å². The van der Waals surface area contributed by atoms with Crippen molar-refractivity contribution < 1.29 is 0 Å². The van der Waals surface area contributed by atoms with Crippen LogP contribution in [0.5, 0.6) is 0 Å². The third-order valence-electron chi connectivity index (χ3n) is 9.07. The van der Waals surface area contributed by atoms with Crippen LogP contribution in [0.15, 0.2) is 12.4 Å². The Balaban J connectivity index is 2.21. The van der Waals surface area contributed by atoms with Crippen molar-refractivity contribution in [3.63, 3.8) is 0 Å². The second-order valence-electron chi connectivity index (χ2n) is 12.9. The molecule has 1 aliphatic heterocycles. The standard InChI is InChI=1S/C37H74N2/c1-4-7-10-13-16-18-20-21-22-24-26-29-32-37-38(33-30-27-15-12-9-6-3)35-36-39(37)34-31-28-25-23-19-17-14-11-8-5-2/h35-37H,4-34H2,1-3H3. The monoisotopic (exact) mass is 547 g/mol. The molecule has 1 rings (SSSR count). The van der Waals surface area contributed by atoms with E-state index in [2.05, 4.69) is 43.0 Å². The number of nitrogens with zero attached hydrogens (tertiary/aromatic N) is 2. The topological polar surface area (TPSA) is 6.48 Å². The summed E-state index contributed by atoms with van der Waals surface area (Å²) in [5, 5.41) is 0. The molecule has 0 saturated carbocycles. The molecule has 0 bridgehead atoms. The molecule has 2 heteroatoms. The fourth-order valence-corrected chi connectivity index (χ4v) is 6.36. The van der Waals surface area contributed by atoms with Crippen LogP contribution in [0.25, 0.3) is 0 Å². The van der Waals surface area contributed by atoms with E-state index in [1.54, 1.807) is 0 Å². The van der Waals surface area contributed by atoms with Crippen LogP contribution < -0.4 is 0 Å². The van der Waals surface area contributed by atoms with Crippen molar-refractivity contribution >= 4 is 0 Å². The van der Waals surface area contributed by atoms with Crippen LogP contribution in [0, 0.1) is 0 Å². The van der Waals surface area contributed by atoms with Gasteiger partial charge < -0.3 is 9.80 Å². The third-order valence-corrected chi connectivity index (χ3v) is 9.07. The fourth-order valence-electron chi connectivity index (χ4n) is 6.36. The van der Waals surface area contributed by atoms with Gasteiger partial charge in [0.25, 0.3) is 0 Å². The van der Waals surface area contributed by atoms with Gasteiger partial charge in [-0.05, 0) is 25.7 Å². The molecule has 232 valence electrons. The van der Waals surface area contributed by atoms with Crippen molar-refractivity contribution in [3.05, 3.63) is 12.4 Å². The van der Waals surface area contributed by atoms with Crippen molar-refractivity contribution in [3.8, 4) is 0 Å². The maximum Gasteiger partial charge on any atom is 0.101 e. The lowest BCUT2D eigenvalue weighted by atomic mass is 10.0. The van der Waals surface area contributed by atoms with Gasteiger partial charge in [-0.1, -0.05) is 181 Å². The van der Waals surface area contributed by atoms with Gasteiger partial charge in [-0.25, -0.2) is 0 Å². The first-order valence-corrected chi connectivity index (χ1v) is 18.5. The van der Waals surface area contributed by atoms with Crippen LogP contribution in [0.1, 0.15) is 207 Å². The molecule has 0 spiro atoms. The zero-order valence-electron chi connectivity index (χ0n) is 27.5. The van der Waals surface area contributed by atoms with Gasteiger partial charge in [-0.3, -0.25) is 0 Å². The zero-order chi connectivity index (χ0) is 28.1. The summed E-state index contributed by atoms with van der Waals surface area (Å²) < 4.78 is 0. The molecular weight excluding hydrogens is 472 g/mol. The molecule has 0 aromatic heterocycles. The minimum atomic E-state index is 0.641. The summed E-state index contributed by atoms with van der Waals surface area (Å²) in [4.78, 5) is 5.41. The summed E-state index contributed by atoms with van der Waals surface area (Å²) in [6, 6.07) is 0. The molecule has 0 saturated heterocycles. The summed E-state index contributed by atoms with van der Waals surface area (Å²) in [5.41, 5.74) is 0. The molecule has 0 aromatic carbocycles. The lowest BCUT2D eigenvalue weighted by molar-refractivity contribution is 0.135.